The van der Waals surface area contributed by atoms with Crippen LogP contribution in [0.25, 0.3) is 0 Å². The third-order valence-corrected chi connectivity index (χ3v) is 5.08. The highest BCUT2D eigenvalue weighted by atomic mass is 79.9. The maximum Gasteiger partial charge on any atom is 0.266 e. The van der Waals surface area contributed by atoms with Crippen molar-refractivity contribution in [1.29, 1.82) is 0 Å². The van der Waals surface area contributed by atoms with E-state index >= 15 is 0 Å². The molecule has 0 saturated heterocycles. The van der Waals surface area contributed by atoms with Crippen LogP contribution >= 0.6 is 43.5 Å². The van der Waals surface area contributed by atoms with Gasteiger partial charge in [0.05, 0.1) is 26.3 Å². The van der Waals surface area contributed by atoms with Crippen LogP contribution in [0.15, 0.2) is 39.3 Å². The van der Waals surface area contributed by atoms with E-state index in [2.05, 4.69) is 31.9 Å². The molecule has 0 fully saturated rings. The van der Waals surface area contributed by atoms with Gasteiger partial charge in [0.1, 0.15) is 5.82 Å². The molecule has 0 aromatic heterocycles. The minimum atomic E-state index is -0.657. The van der Waals surface area contributed by atoms with Crippen molar-refractivity contribution in [3.63, 3.8) is 0 Å². The molecule has 3 nitrogen and oxygen atoms in total. The summed E-state index contributed by atoms with van der Waals surface area (Å²) in [4.78, 5) is 25.8. The number of benzene rings is 2. The van der Waals surface area contributed by atoms with Gasteiger partial charge in [-0.15, -0.1) is 0 Å². The Labute approximate surface area is 140 Å². The Morgan fingerprint density at radius 3 is 2.10 bits per heavy atom. The molecular formula is C14H5Br2ClFNO2. The van der Waals surface area contributed by atoms with Crippen molar-refractivity contribution in [2.75, 3.05) is 4.90 Å². The van der Waals surface area contributed by atoms with Crippen LogP contribution in [0.4, 0.5) is 10.1 Å². The largest absolute Gasteiger partial charge is 0.268 e. The predicted molar refractivity (Wildman–Crippen MR) is 84.4 cm³/mol. The zero-order valence-electron chi connectivity index (χ0n) is 10.2. The molecule has 21 heavy (non-hydrogen) atoms. The molecule has 7 heteroatoms. The molecule has 3 rings (SSSR count). The first-order chi connectivity index (χ1) is 9.93. The van der Waals surface area contributed by atoms with Crippen LogP contribution in [-0.4, -0.2) is 11.8 Å². The molecule has 2 aromatic carbocycles. The van der Waals surface area contributed by atoms with Crippen LogP contribution in [0.3, 0.4) is 0 Å². The lowest BCUT2D eigenvalue weighted by atomic mass is 10.1. The maximum atomic E-state index is 13.6. The van der Waals surface area contributed by atoms with Gasteiger partial charge in [-0.2, -0.15) is 0 Å². The van der Waals surface area contributed by atoms with Gasteiger partial charge >= 0.3 is 0 Å². The smallest absolute Gasteiger partial charge is 0.266 e. The molecule has 0 atom stereocenters. The Morgan fingerprint density at radius 1 is 1.05 bits per heavy atom. The number of halogens is 4. The highest BCUT2D eigenvalue weighted by Gasteiger charge is 2.38. The van der Waals surface area contributed by atoms with Crippen LogP contribution in [0, 0.1) is 5.82 Å². The molecule has 2 aromatic rings. The van der Waals surface area contributed by atoms with Crippen molar-refractivity contribution in [1.82, 2.24) is 0 Å². The normalized spacial score (nSPS) is 13.8. The summed E-state index contributed by atoms with van der Waals surface area (Å²) in [6.45, 7) is 0. The van der Waals surface area contributed by atoms with Gasteiger partial charge in [-0.1, -0.05) is 23.7 Å². The molecule has 0 radical (unpaired) electrons. The lowest BCUT2D eigenvalue weighted by Gasteiger charge is -2.18. The van der Waals surface area contributed by atoms with Crippen LogP contribution < -0.4 is 4.90 Å². The van der Waals surface area contributed by atoms with Crippen LogP contribution in [0.2, 0.25) is 5.02 Å². The first kappa shape index (κ1) is 14.7. The van der Waals surface area contributed by atoms with Gasteiger partial charge in [0.15, 0.2) is 0 Å². The van der Waals surface area contributed by atoms with Gasteiger partial charge in [-0.25, -0.2) is 9.29 Å². The molecule has 1 aliphatic rings. The summed E-state index contributed by atoms with van der Waals surface area (Å²) in [6, 6.07) is 7.61. The van der Waals surface area contributed by atoms with E-state index in [0.717, 1.165) is 11.0 Å². The molecule has 106 valence electrons. The minimum Gasteiger partial charge on any atom is -0.268 e. The van der Waals surface area contributed by atoms with Crippen molar-refractivity contribution in [3.05, 3.63) is 61.2 Å². The lowest BCUT2D eigenvalue weighted by molar-refractivity contribution is 0.0925. The van der Waals surface area contributed by atoms with Gasteiger partial charge in [-0.05, 0) is 50.1 Å². The molecule has 0 unspecified atom stereocenters. The summed E-state index contributed by atoms with van der Waals surface area (Å²) < 4.78 is 14.0. The van der Waals surface area contributed by atoms with E-state index in [1.165, 1.54) is 0 Å². The average Bonchev–Trinajstić information content (AvgIpc) is 2.71. The van der Waals surface area contributed by atoms with Crippen LogP contribution in [-0.2, 0) is 0 Å². The van der Waals surface area contributed by atoms with Gasteiger partial charge in [-0.3, -0.25) is 9.59 Å². The fourth-order valence-corrected chi connectivity index (χ4v) is 3.72. The Kier molecular flexibility index (Phi) is 3.63. The van der Waals surface area contributed by atoms with E-state index in [1.54, 1.807) is 24.3 Å². The number of hydrogen-bond acceptors (Lipinski definition) is 2. The predicted octanol–water partition coefficient (Wildman–Crippen LogP) is 4.80. The maximum absolute atomic E-state index is 13.6. The lowest BCUT2D eigenvalue weighted by Crippen LogP contribution is -2.30. The first-order valence-corrected chi connectivity index (χ1v) is 7.70. The highest BCUT2D eigenvalue weighted by molar-refractivity contribution is 9.11. The Balaban J connectivity index is 2.23. The Bertz CT molecular complexity index is 775. The first-order valence-electron chi connectivity index (χ1n) is 5.74. The number of rotatable bonds is 1. The average molecular weight is 433 g/mol. The number of hydrogen-bond donors (Lipinski definition) is 0. The minimum absolute atomic E-state index is 0.144. The molecule has 1 aliphatic heterocycles. The number of fused-ring (bicyclic) bond motifs is 1. The van der Waals surface area contributed by atoms with Crippen molar-refractivity contribution in [2.24, 2.45) is 0 Å². The number of carbonyl (C=O) groups is 2. The van der Waals surface area contributed by atoms with Crippen molar-refractivity contribution in [3.8, 4) is 0 Å². The number of nitrogens with zero attached hydrogens (tertiary/aromatic N) is 1. The van der Waals surface area contributed by atoms with Crippen molar-refractivity contribution in [2.45, 2.75) is 0 Å². The quantitative estimate of drug-likeness (QED) is 0.368. The van der Waals surface area contributed by atoms with E-state index in [-0.39, 0.29) is 19.7 Å². The van der Waals surface area contributed by atoms with Gasteiger partial charge in [0, 0.05) is 4.47 Å². The third-order valence-electron chi connectivity index (χ3n) is 3.11. The fraction of sp³-hybridized carbons (Fsp3) is 0. The SMILES string of the molecule is O=C1c2ccccc2C(=O)N1c1c(Br)cc(F)c(Cl)c1Br. The fourth-order valence-electron chi connectivity index (χ4n) is 2.15. The number of imide groups is 1. The van der Waals surface area contributed by atoms with E-state index in [0.29, 0.717) is 11.1 Å². The molecule has 0 bridgehead atoms. The summed E-state index contributed by atoms with van der Waals surface area (Å²) in [5, 5.41) is -0.190. The second kappa shape index (κ2) is 5.19. The van der Waals surface area contributed by atoms with E-state index in [4.69, 9.17) is 11.6 Å². The van der Waals surface area contributed by atoms with Crippen molar-refractivity contribution < 1.29 is 14.0 Å². The van der Waals surface area contributed by atoms with Crippen molar-refractivity contribution >= 4 is 61.0 Å². The Morgan fingerprint density at radius 2 is 1.57 bits per heavy atom. The zero-order chi connectivity index (χ0) is 15.3. The summed E-state index contributed by atoms with van der Waals surface area (Å²) in [6.07, 6.45) is 0. The summed E-state index contributed by atoms with van der Waals surface area (Å²) in [7, 11) is 0. The molecule has 0 aliphatic carbocycles. The summed E-state index contributed by atoms with van der Waals surface area (Å²) in [5.74, 6) is -1.60. The van der Waals surface area contributed by atoms with Gasteiger partial charge < -0.3 is 0 Å². The number of anilines is 1. The summed E-state index contributed by atoms with van der Waals surface area (Å²) >= 11 is 12.2. The molecular weight excluding hydrogens is 428 g/mol. The monoisotopic (exact) mass is 431 g/mol. The van der Waals surface area contributed by atoms with Gasteiger partial charge in [0.25, 0.3) is 11.8 Å². The second-order valence-electron chi connectivity index (χ2n) is 4.31. The topological polar surface area (TPSA) is 37.4 Å². The van der Waals surface area contributed by atoms with Crippen LogP contribution in [0.1, 0.15) is 20.7 Å². The highest BCUT2D eigenvalue weighted by Crippen LogP contribution is 2.43. The van der Waals surface area contributed by atoms with E-state index < -0.39 is 17.6 Å². The third kappa shape index (κ3) is 2.13. The second-order valence-corrected chi connectivity index (χ2v) is 6.33. The van der Waals surface area contributed by atoms with E-state index in [1.807, 2.05) is 0 Å². The summed E-state index contributed by atoms with van der Waals surface area (Å²) in [5.41, 5.74) is 0.802. The Hall–Kier alpha value is -1.24. The molecule has 0 saturated carbocycles. The molecule has 1 heterocycles. The number of carbonyl (C=O) groups excluding carboxylic acids is 2. The van der Waals surface area contributed by atoms with Crippen LogP contribution in [0.5, 0.6) is 0 Å². The molecule has 0 N–H and O–H groups in total. The number of amides is 2. The van der Waals surface area contributed by atoms with Gasteiger partial charge in [0.2, 0.25) is 0 Å². The zero-order valence-corrected chi connectivity index (χ0v) is 14.1. The molecule has 0 spiro atoms. The molecule has 2 amide bonds. The van der Waals surface area contributed by atoms with E-state index in [9.17, 15) is 14.0 Å². The standard InChI is InChI=1S/C14H5Br2ClFNO2/c15-8-5-9(18)11(17)10(16)12(8)19-13(20)6-3-1-2-4-7(6)14(19)21/h1-5H.